The zero-order valence-corrected chi connectivity index (χ0v) is 8.74. The van der Waals surface area contributed by atoms with Crippen LogP contribution in [0.25, 0.3) is 0 Å². The van der Waals surface area contributed by atoms with Crippen molar-refractivity contribution in [3.05, 3.63) is 18.3 Å². The summed E-state index contributed by atoms with van der Waals surface area (Å²) in [6, 6.07) is 3.17. The molecule has 1 saturated heterocycles. The maximum Gasteiger partial charge on any atom is 0.287 e. The van der Waals surface area contributed by atoms with Crippen molar-refractivity contribution in [2.24, 2.45) is 4.40 Å². The van der Waals surface area contributed by atoms with Crippen molar-refractivity contribution < 1.29 is 8.42 Å². The average Bonchev–Trinajstić information content (AvgIpc) is 2.65. The lowest BCUT2D eigenvalue weighted by molar-refractivity contribution is 0.596. The zero-order valence-electron chi connectivity index (χ0n) is 7.92. The summed E-state index contributed by atoms with van der Waals surface area (Å²) in [5.41, 5.74) is 0. The van der Waals surface area contributed by atoms with Crippen LogP contribution in [0, 0.1) is 0 Å². The van der Waals surface area contributed by atoms with Crippen molar-refractivity contribution in [1.82, 2.24) is 4.98 Å². The Kier molecular flexibility index (Phi) is 1.64. The van der Waals surface area contributed by atoms with Crippen LogP contribution in [-0.4, -0.2) is 25.8 Å². The molecule has 0 atom stereocenters. The molecule has 0 unspecified atom stereocenters. The molecule has 0 saturated carbocycles. The minimum absolute atomic E-state index is 0.218. The van der Waals surface area contributed by atoms with Crippen LogP contribution in [0.5, 0.6) is 0 Å². The van der Waals surface area contributed by atoms with E-state index in [1.54, 1.807) is 18.3 Å². The van der Waals surface area contributed by atoms with Gasteiger partial charge in [-0.25, -0.2) is 4.98 Å². The Hall–Kier alpha value is -1.43. The molecule has 6 heteroatoms. The number of hydrogen-bond acceptors (Lipinski definition) is 4. The number of hydrogen-bond donors (Lipinski definition) is 0. The van der Waals surface area contributed by atoms with Crippen LogP contribution >= 0.6 is 0 Å². The zero-order chi connectivity index (χ0) is 10.5. The van der Waals surface area contributed by atoms with Gasteiger partial charge < -0.3 is 4.90 Å². The maximum absolute atomic E-state index is 11.8. The van der Waals surface area contributed by atoms with Crippen LogP contribution in [-0.2, 0) is 10.0 Å². The molecule has 0 bridgehead atoms. The monoisotopic (exact) mass is 223 g/mol. The van der Waals surface area contributed by atoms with Gasteiger partial charge in [0, 0.05) is 19.2 Å². The largest absolute Gasteiger partial charge is 0.313 e. The second-order valence-electron chi connectivity index (χ2n) is 3.56. The van der Waals surface area contributed by atoms with Gasteiger partial charge in [-0.15, -0.1) is 4.40 Å². The standard InChI is InChI=1S/C9H9N3O2S/c13-15(14)7-3-1-5-10-9(7)12-6-2-4-8(12)11-15/h1,3,5H,2,4,6H2. The summed E-state index contributed by atoms with van der Waals surface area (Å²) < 4.78 is 27.3. The number of pyridine rings is 1. The van der Waals surface area contributed by atoms with E-state index in [9.17, 15) is 8.42 Å². The van der Waals surface area contributed by atoms with E-state index in [1.807, 2.05) is 4.90 Å². The first kappa shape index (κ1) is 8.84. The number of fused-ring (bicyclic) bond motifs is 3. The predicted molar refractivity (Wildman–Crippen MR) is 55.4 cm³/mol. The minimum atomic E-state index is -3.51. The molecule has 0 spiro atoms. The fraction of sp³-hybridized carbons (Fsp3) is 0.333. The van der Waals surface area contributed by atoms with Crippen LogP contribution < -0.4 is 4.90 Å². The molecule has 15 heavy (non-hydrogen) atoms. The van der Waals surface area contributed by atoms with E-state index in [4.69, 9.17) is 0 Å². The van der Waals surface area contributed by atoms with Crippen molar-refractivity contribution in [1.29, 1.82) is 0 Å². The van der Waals surface area contributed by atoms with Crippen molar-refractivity contribution in [2.75, 3.05) is 11.4 Å². The predicted octanol–water partition coefficient (Wildman–Crippen LogP) is 0.783. The molecule has 0 amide bonds. The molecule has 3 rings (SSSR count). The molecule has 2 aliphatic heterocycles. The lowest BCUT2D eigenvalue weighted by atomic mass is 10.4. The van der Waals surface area contributed by atoms with Gasteiger partial charge in [-0.3, -0.25) is 0 Å². The second-order valence-corrected chi connectivity index (χ2v) is 5.14. The van der Waals surface area contributed by atoms with E-state index < -0.39 is 10.0 Å². The molecule has 78 valence electrons. The number of aromatic nitrogens is 1. The van der Waals surface area contributed by atoms with E-state index in [-0.39, 0.29) is 4.90 Å². The van der Waals surface area contributed by atoms with Crippen molar-refractivity contribution in [3.63, 3.8) is 0 Å². The topological polar surface area (TPSA) is 62.6 Å². The third-order valence-electron chi connectivity index (χ3n) is 2.60. The molecule has 0 radical (unpaired) electrons. The summed E-state index contributed by atoms with van der Waals surface area (Å²) >= 11 is 0. The Balaban J connectivity index is 2.32. The van der Waals surface area contributed by atoms with Crippen LogP contribution in [0.4, 0.5) is 5.82 Å². The fourth-order valence-corrected chi connectivity index (χ4v) is 3.17. The molecule has 1 fully saturated rings. The molecule has 5 nitrogen and oxygen atoms in total. The number of nitrogens with zero attached hydrogens (tertiary/aromatic N) is 3. The van der Waals surface area contributed by atoms with E-state index in [0.29, 0.717) is 11.7 Å². The summed E-state index contributed by atoms with van der Waals surface area (Å²) in [5.74, 6) is 1.15. The van der Waals surface area contributed by atoms with Gasteiger partial charge in [0.15, 0.2) is 5.82 Å². The highest BCUT2D eigenvalue weighted by Gasteiger charge is 2.33. The summed E-state index contributed by atoms with van der Waals surface area (Å²) in [7, 11) is -3.51. The third-order valence-corrected chi connectivity index (χ3v) is 3.93. The molecular formula is C9H9N3O2S. The Labute approximate surface area is 87.5 Å². The highest BCUT2D eigenvalue weighted by atomic mass is 32.2. The highest BCUT2D eigenvalue weighted by molar-refractivity contribution is 7.90. The van der Waals surface area contributed by atoms with E-state index in [1.165, 1.54) is 0 Å². The number of sulfonamides is 1. The van der Waals surface area contributed by atoms with E-state index in [2.05, 4.69) is 9.38 Å². The normalized spacial score (nSPS) is 21.9. The van der Waals surface area contributed by atoms with Gasteiger partial charge in [0.2, 0.25) is 0 Å². The molecule has 0 aromatic carbocycles. The highest BCUT2D eigenvalue weighted by Crippen LogP contribution is 2.32. The first-order chi connectivity index (χ1) is 7.18. The Bertz CT molecular complexity index is 550. The lowest BCUT2D eigenvalue weighted by Crippen LogP contribution is -2.31. The third kappa shape index (κ3) is 1.18. The average molecular weight is 223 g/mol. The lowest BCUT2D eigenvalue weighted by Gasteiger charge is -2.23. The van der Waals surface area contributed by atoms with Gasteiger partial charge in [0.1, 0.15) is 10.7 Å². The number of rotatable bonds is 0. The van der Waals surface area contributed by atoms with E-state index >= 15 is 0 Å². The first-order valence-electron chi connectivity index (χ1n) is 4.75. The van der Waals surface area contributed by atoms with Gasteiger partial charge in [0.05, 0.1) is 0 Å². The molecular weight excluding hydrogens is 214 g/mol. The molecule has 0 aliphatic carbocycles. The van der Waals surface area contributed by atoms with Gasteiger partial charge in [0.25, 0.3) is 10.0 Å². The van der Waals surface area contributed by atoms with Crippen LogP contribution in [0.15, 0.2) is 27.6 Å². The first-order valence-corrected chi connectivity index (χ1v) is 6.19. The quantitative estimate of drug-likeness (QED) is 0.652. The van der Waals surface area contributed by atoms with Crippen LogP contribution in [0.1, 0.15) is 12.8 Å². The summed E-state index contributed by atoms with van der Waals surface area (Å²) in [6.45, 7) is 0.804. The van der Waals surface area contributed by atoms with Crippen molar-refractivity contribution in [3.8, 4) is 0 Å². The number of amidine groups is 1. The number of anilines is 1. The molecule has 0 N–H and O–H groups in total. The maximum atomic E-state index is 11.8. The molecule has 2 aliphatic rings. The van der Waals surface area contributed by atoms with E-state index in [0.717, 1.165) is 19.4 Å². The summed E-state index contributed by atoms with van der Waals surface area (Å²) in [4.78, 5) is 6.23. The van der Waals surface area contributed by atoms with Crippen molar-refractivity contribution >= 4 is 21.7 Å². The van der Waals surface area contributed by atoms with Gasteiger partial charge >= 0.3 is 0 Å². The second kappa shape index (κ2) is 2.79. The summed E-state index contributed by atoms with van der Waals surface area (Å²) in [6.07, 6.45) is 3.26. The summed E-state index contributed by atoms with van der Waals surface area (Å²) in [5, 5.41) is 0. The van der Waals surface area contributed by atoms with Gasteiger partial charge in [-0.2, -0.15) is 8.42 Å². The molecule has 3 heterocycles. The molecule has 1 aromatic heterocycles. The molecule has 1 aromatic rings. The Morgan fingerprint density at radius 1 is 1.40 bits per heavy atom. The smallest absolute Gasteiger partial charge is 0.287 e. The van der Waals surface area contributed by atoms with Crippen molar-refractivity contribution in [2.45, 2.75) is 17.7 Å². The SMILES string of the molecule is O=S1(=O)N=C2CCCN2c2ncccc21. The van der Waals surface area contributed by atoms with Gasteiger partial charge in [-0.1, -0.05) is 0 Å². The van der Waals surface area contributed by atoms with Gasteiger partial charge in [-0.05, 0) is 18.6 Å². The fourth-order valence-electron chi connectivity index (χ4n) is 1.96. The minimum Gasteiger partial charge on any atom is -0.313 e. The van der Waals surface area contributed by atoms with Crippen LogP contribution in [0.2, 0.25) is 0 Å². The Morgan fingerprint density at radius 2 is 2.27 bits per heavy atom. The van der Waals surface area contributed by atoms with Crippen LogP contribution in [0.3, 0.4) is 0 Å². The Morgan fingerprint density at radius 3 is 3.13 bits per heavy atom.